The highest BCUT2D eigenvalue weighted by Gasteiger charge is 2.16. The molecule has 2 rings (SSSR count). The maximum atomic E-state index is 11.3. The predicted octanol–water partition coefficient (Wildman–Crippen LogP) is 5.69. The van der Waals surface area contributed by atoms with Gasteiger partial charge in [-0.25, -0.2) is 0 Å². The van der Waals surface area contributed by atoms with Crippen molar-refractivity contribution in [1.82, 2.24) is 0 Å². The number of esters is 1. The van der Waals surface area contributed by atoms with Gasteiger partial charge in [0.25, 0.3) is 0 Å². The lowest BCUT2D eigenvalue weighted by molar-refractivity contribution is -0.131. The number of nitrogens with one attached hydrogen (secondary N) is 1. The smallest absolute Gasteiger partial charge is 0.308 e. The lowest BCUT2D eigenvalue weighted by atomic mass is 10.2. The van der Waals surface area contributed by atoms with Crippen molar-refractivity contribution in [2.24, 2.45) is 0 Å². The third-order valence-corrected chi connectivity index (χ3v) is 4.50. The van der Waals surface area contributed by atoms with Crippen LogP contribution >= 0.6 is 60.0 Å². The molecule has 7 heteroatoms. The van der Waals surface area contributed by atoms with Crippen LogP contribution in [0.15, 0.2) is 49.8 Å². The summed E-state index contributed by atoms with van der Waals surface area (Å²) in [5, 5.41) is 3.13. The number of hydrogen-bond acceptors (Lipinski definition) is 3. The van der Waals surface area contributed by atoms with E-state index in [9.17, 15) is 4.79 Å². The number of hydrogen-bond donors (Lipinski definition) is 1. The van der Waals surface area contributed by atoms with E-state index in [1.54, 1.807) is 12.1 Å². The summed E-state index contributed by atoms with van der Waals surface area (Å²) in [5.74, 6) is -0.0129. The van der Waals surface area contributed by atoms with E-state index >= 15 is 0 Å². The maximum absolute atomic E-state index is 11.3. The summed E-state index contributed by atoms with van der Waals surface area (Å²) < 4.78 is 7.72. The van der Waals surface area contributed by atoms with E-state index in [1.165, 1.54) is 6.92 Å². The largest absolute Gasteiger partial charge is 0.425 e. The van der Waals surface area contributed by atoms with Crippen LogP contribution in [0.25, 0.3) is 0 Å². The van der Waals surface area contributed by atoms with E-state index in [4.69, 9.17) is 17.0 Å². The summed E-state index contributed by atoms with van der Waals surface area (Å²) in [6, 6.07) is 11.2. The molecule has 2 aromatic rings. The second-order valence-corrected chi connectivity index (χ2v) is 7.41. The standard InChI is InChI=1S/C15H10Br3NO2S/c1-8(20)21-14-12(6-10(17)7-13(14)18)15(22)19-11-4-2-9(16)3-5-11/h2-7H,1H3,(H,19,22). The molecular weight excluding hydrogens is 498 g/mol. The van der Waals surface area contributed by atoms with Crippen molar-refractivity contribution in [3.8, 4) is 5.75 Å². The summed E-state index contributed by atoms with van der Waals surface area (Å²) in [7, 11) is 0. The topological polar surface area (TPSA) is 38.3 Å². The van der Waals surface area contributed by atoms with Gasteiger partial charge in [-0.3, -0.25) is 4.79 Å². The zero-order chi connectivity index (χ0) is 16.3. The molecule has 0 saturated carbocycles. The van der Waals surface area contributed by atoms with E-state index in [0.717, 1.165) is 14.6 Å². The van der Waals surface area contributed by atoms with Gasteiger partial charge in [0.05, 0.1) is 10.0 Å². The van der Waals surface area contributed by atoms with Gasteiger partial charge in [-0.15, -0.1) is 0 Å². The first-order chi connectivity index (χ1) is 10.4. The molecule has 114 valence electrons. The molecule has 0 aliphatic carbocycles. The summed E-state index contributed by atoms with van der Waals surface area (Å²) >= 11 is 15.6. The summed E-state index contributed by atoms with van der Waals surface area (Å²) in [4.78, 5) is 11.8. The van der Waals surface area contributed by atoms with E-state index in [1.807, 2.05) is 24.3 Å². The highest BCUT2D eigenvalue weighted by Crippen LogP contribution is 2.34. The molecule has 3 nitrogen and oxygen atoms in total. The molecule has 0 aliphatic rings. The second-order valence-electron chi connectivity index (χ2n) is 4.32. The molecule has 0 aromatic heterocycles. The van der Waals surface area contributed by atoms with Crippen LogP contribution in [-0.2, 0) is 4.79 Å². The van der Waals surface area contributed by atoms with Gasteiger partial charge in [-0.2, -0.15) is 0 Å². The van der Waals surface area contributed by atoms with Crippen LogP contribution in [0.3, 0.4) is 0 Å². The molecule has 0 bridgehead atoms. The Labute approximate surface area is 158 Å². The minimum atomic E-state index is -0.407. The number of rotatable bonds is 3. The predicted molar refractivity (Wildman–Crippen MR) is 103 cm³/mol. The molecule has 0 atom stereocenters. The Balaban J connectivity index is 2.35. The van der Waals surface area contributed by atoms with Crippen LogP contribution in [0.1, 0.15) is 12.5 Å². The van der Waals surface area contributed by atoms with Gasteiger partial charge < -0.3 is 10.1 Å². The van der Waals surface area contributed by atoms with Gasteiger partial charge >= 0.3 is 5.97 Å². The number of anilines is 1. The van der Waals surface area contributed by atoms with Crippen molar-refractivity contribution < 1.29 is 9.53 Å². The lowest BCUT2D eigenvalue weighted by Crippen LogP contribution is -2.14. The molecule has 0 unspecified atom stereocenters. The van der Waals surface area contributed by atoms with Gasteiger partial charge in [0.15, 0.2) is 5.75 Å². The lowest BCUT2D eigenvalue weighted by Gasteiger charge is -2.14. The molecular formula is C15H10Br3NO2S. The molecule has 0 saturated heterocycles. The molecule has 0 fully saturated rings. The van der Waals surface area contributed by atoms with Crippen molar-refractivity contribution in [3.63, 3.8) is 0 Å². The molecule has 22 heavy (non-hydrogen) atoms. The van der Waals surface area contributed by atoms with E-state index < -0.39 is 5.97 Å². The van der Waals surface area contributed by atoms with Crippen molar-refractivity contribution in [2.75, 3.05) is 5.32 Å². The molecule has 0 aliphatic heterocycles. The van der Waals surface area contributed by atoms with Crippen molar-refractivity contribution in [2.45, 2.75) is 6.92 Å². The maximum Gasteiger partial charge on any atom is 0.308 e. The fourth-order valence-electron chi connectivity index (χ4n) is 1.71. The SMILES string of the molecule is CC(=O)Oc1c(Br)cc(Br)cc1C(=S)Nc1ccc(Br)cc1. The number of halogens is 3. The van der Waals surface area contributed by atoms with Crippen LogP contribution in [0.2, 0.25) is 0 Å². The Kier molecular flexibility index (Phi) is 6.14. The Morgan fingerprint density at radius 3 is 2.32 bits per heavy atom. The van der Waals surface area contributed by atoms with Crippen molar-refractivity contribution in [3.05, 3.63) is 55.4 Å². The summed E-state index contributed by atoms with van der Waals surface area (Å²) in [6.07, 6.45) is 0. The normalized spacial score (nSPS) is 10.2. The number of benzene rings is 2. The number of carbonyl (C=O) groups is 1. The first kappa shape index (κ1) is 17.6. The Morgan fingerprint density at radius 2 is 1.73 bits per heavy atom. The zero-order valence-corrected chi connectivity index (χ0v) is 16.9. The van der Waals surface area contributed by atoms with Gasteiger partial charge in [0, 0.05) is 21.6 Å². The van der Waals surface area contributed by atoms with Crippen LogP contribution in [0.5, 0.6) is 5.75 Å². The third kappa shape index (κ3) is 4.62. The number of thiocarbonyl (C=S) groups is 1. The minimum Gasteiger partial charge on any atom is -0.425 e. The third-order valence-electron chi connectivity index (χ3n) is 2.60. The molecule has 0 radical (unpaired) electrons. The molecule has 2 aromatic carbocycles. The van der Waals surface area contributed by atoms with Crippen LogP contribution in [0, 0.1) is 0 Å². The number of carbonyl (C=O) groups excluding carboxylic acids is 1. The molecule has 0 spiro atoms. The van der Waals surface area contributed by atoms with Crippen LogP contribution in [-0.4, -0.2) is 11.0 Å². The second kappa shape index (κ2) is 7.68. The average Bonchev–Trinajstić information content (AvgIpc) is 2.43. The first-order valence-electron chi connectivity index (χ1n) is 6.11. The van der Waals surface area contributed by atoms with Crippen LogP contribution in [0.4, 0.5) is 5.69 Å². The zero-order valence-electron chi connectivity index (χ0n) is 11.3. The van der Waals surface area contributed by atoms with E-state index in [2.05, 4.69) is 53.1 Å². The fraction of sp³-hybridized carbons (Fsp3) is 0.0667. The Bertz CT molecular complexity index is 732. The Hall–Kier alpha value is -0.760. The van der Waals surface area contributed by atoms with E-state index in [0.29, 0.717) is 20.8 Å². The van der Waals surface area contributed by atoms with Gasteiger partial charge in [0.2, 0.25) is 0 Å². The Morgan fingerprint density at radius 1 is 1.09 bits per heavy atom. The van der Waals surface area contributed by atoms with Crippen molar-refractivity contribution in [1.29, 1.82) is 0 Å². The van der Waals surface area contributed by atoms with Gasteiger partial charge in [0.1, 0.15) is 4.99 Å². The summed E-state index contributed by atoms with van der Waals surface area (Å²) in [5.41, 5.74) is 1.47. The molecule has 0 amide bonds. The molecule has 1 N–H and O–H groups in total. The minimum absolute atomic E-state index is 0.394. The van der Waals surface area contributed by atoms with Gasteiger partial charge in [-0.1, -0.05) is 44.1 Å². The highest BCUT2D eigenvalue weighted by molar-refractivity contribution is 9.11. The van der Waals surface area contributed by atoms with Crippen LogP contribution < -0.4 is 10.1 Å². The molecule has 0 heterocycles. The van der Waals surface area contributed by atoms with Crippen molar-refractivity contribution >= 4 is 76.7 Å². The quantitative estimate of drug-likeness (QED) is 0.329. The summed E-state index contributed by atoms with van der Waals surface area (Å²) in [6.45, 7) is 1.35. The van der Waals surface area contributed by atoms with E-state index in [-0.39, 0.29) is 0 Å². The number of ether oxygens (including phenoxy) is 1. The average molecular weight is 508 g/mol. The van der Waals surface area contributed by atoms with Gasteiger partial charge in [-0.05, 0) is 52.3 Å². The monoisotopic (exact) mass is 505 g/mol. The highest BCUT2D eigenvalue weighted by atomic mass is 79.9. The fourth-order valence-corrected chi connectivity index (χ4v) is 3.55. The first-order valence-corrected chi connectivity index (χ1v) is 8.90.